The number of fused-ring (bicyclic) bond motifs is 1. The Kier molecular flexibility index (Phi) is 11.8. The molecule has 91 valence electrons. The molecule has 0 aliphatic heterocycles. The molecule has 1 radical (unpaired) electrons. The van der Waals surface area contributed by atoms with Crippen molar-refractivity contribution >= 4 is 10.8 Å². The average Bonchev–Trinajstić information content (AvgIpc) is 2.60. The van der Waals surface area contributed by atoms with Crippen molar-refractivity contribution in [3.8, 4) is 0 Å². The average molecular weight is 347 g/mol. The van der Waals surface area contributed by atoms with Crippen molar-refractivity contribution < 1.29 is 51.0 Å². The standard InChI is InChI=1S/C14H17.2ClH.Zr/c1-2-3-4-7-12-10-13-8-5-6-9-14(13)11-12;;;/h5-6,8-11H,2-4,7H2,1H3;2*1H;/q-1;;;+3/p-2. The van der Waals surface area contributed by atoms with Crippen LogP contribution in [0.5, 0.6) is 0 Å². The van der Waals surface area contributed by atoms with E-state index in [-0.39, 0.29) is 51.0 Å². The van der Waals surface area contributed by atoms with Gasteiger partial charge in [0.1, 0.15) is 0 Å². The molecule has 0 amide bonds. The molecule has 0 nitrogen and oxygen atoms in total. The molecule has 2 aromatic carbocycles. The van der Waals surface area contributed by atoms with Crippen LogP contribution >= 0.6 is 0 Å². The van der Waals surface area contributed by atoms with Crippen molar-refractivity contribution in [2.75, 3.05) is 0 Å². The Morgan fingerprint density at radius 1 is 1.06 bits per heavy atom. The Morgan fingerprint density at radius 3 is 2.41 bits per heavy atom. The largest absolute Gasteiger partial charge is 3.00 e. The van der Waals surface area contributed by atoms with E-state index in [1.807, 2.05) is 0 Å². The fraction of sp³-hybridized carbons (Fsp3) is 0.357. The van der Waals surface area contributed by atoms with Gasteiger partial charge in [0, 0.05) is 0 Å². The van der Waals surface area contributed by atoms with Crippen LogP contribution in [-0.2, 0) is 32.6 Å². The van der Waals surface area contributed by atoms with Gasteiger partial charge >= 0.3 is 26.2 Å². The molecule has 2 aromatic rings. The van der Waals surface area contributed by atoms with Crippen LogP contribution in [0.2, 0.25) is 0 Å². The van der Waals surface area contributed by atoms with Crippen LogP contribution in [0.1, 0.15) is 31.7 Å². The topological polar surface area (TPSA) is 0 Å². The van der Waals surface area contributed by atoms with E-state index in [4.69, 9.17) is 0 Å². The van der Waals surface area contributed by atoms with E-state index in [1.165, 1.54) is 42.0 Å². The molecule has 2 rings (SSSR count). The molecular weight excluding hydrogens is 330 g/mol. The van der Waals surface area contributed by atoms with Gasteiger partial charge in [0.05, 0.1) is 0 Å². The number of benzene rings is 1. The number of aryl methyl sites for hydroxylation is 1. The van der Waals surface area contributed by atoms with Gasteiger partial charge in [0.25, 0.3) is 0 Å². The number of unbranched alkanes of at least 4 members (excludes halogenated alkanes) is 2. The van der Waals surface area contributed by atoms with Crippen LogP contribution in [0.4, 0.5) is 0 Å². The summed E-state index contributed by atoms with van der Waals surface area (Å²) in [6.45, 7) is 2.25. The van der Waals surface area contributed by atoms with Gasteiger partial charge in [0.2, 0.25) is 0 Å². The molecule has 0 unspecified atom stereocenters. The number of halogens is 2. The molecule has 0 aromatic heterocycles. The van der Waals surface area contributed by atoms with Crippen LogP contribution in [0, 0.1) is 0 Å². The van der Waals surface area contributed by atoms with Crippen molar-refractivity contribution in [3.63, 3.8) is 0 Å². The number of hydrogen-bond acceptors (Lipinski definition) is 0. The molecule has 0 aliphatic carbocycles. The van der Waals surface area contributed by atoms with Crippen LogP contribution in [0.25, 0.3) is 10.8 Å². The van der Waals surface area contributed by atoms with E-state index in [9.17, 15) is 0 Å². The van der Waals surface area contributed by atoms with Gasteiger partial charge in [0.15, 0.2) is 0 Å². The maximum Gasteiger partial charge on any atom is 3.00 e. The summed E-state index contributed by atoms with van der Waals surface area (Å²) in [4.78, 5) is 0. The van der Waals surface area contributed by atoms with Gasteiger partial charge < -0.3 is 24.8 Å². The zero-order valence-electron chi connectivity index (χ0n) is 10.0. The molecule has 0 saturated carbocycles. The Bertz CT molecular complexity index is 376. The zero-order valence-corrected chi connectivity index (χ0v) is 14.0. The second-order valence-corrected chi connectivity index (χ2v) is 3.95. The second kappa shape index (κ2) is 10.2. The van der Waals surface area contributed by atoms with Crippen LogP contribution < -0.4 is 24.8 Å². The number of hydrogen-bond donors (Lipinski definition) is 0. The summed E-state index contributed by atoms with van der Waals surface area (Å²) in [5.41, 5.74) is 1.50. The summed E-state index contributed by atoms with van der Waals surface area (Å²) >= 11 is 0. The first-order chi connectivity index (χ1) is 6.90. The maximum atomic E-state index is 2.32. The third-order valence-corrected chi connectivity index (χ3v) is 2.75. The molecule has 3 heteroatoms. The third kappa shape index (κ3) is 5.64. The van der Waals surface area contributed by atoms with Crippen LogP contribution in [0.15, 0.2) is 36.4 Å². The fourth-order valence-corrected chi connectivity index (χ4v) is 1.94. The predicted molar refractivity (Wildman–Crippen MR) is 62.8 cm³/mol. The first kappa shape index (κ1) is 19.6. The second-order valence-electron chi connectivity index (χ2n) is 3.95. The van der Waals surface area contributed by atoms with Crippen LogP contribution in [0.3, 0.4) is 0 Å². The monoisotopic (exact) mass is 345 g/mol. The summed E-state index contributed by atoms with van der Waals surface area (Å²) in [7, 11) is 0. The maximum absolute atomic E-state index is 2.32. The van der Waals surface area contributed by atoms with E-state index in [0.717, 1.165) is 0 Å². The quantitative estimate of drug-likeness (QED) is 0.457. The Balaban J connectivity index is 0. The van der Waals surface area contributed by atoms with Crippen molar-refractivity contribution in [2.45, 2.75) is 32.6 Å². The molecule has 0 saturated heterocycles. The van der Waals surface area contributed by atoms with Crippen molar-refractivity contribution in [1.29, 1.82) is 0 Å². The molecule has 0 spiro atoms. The summed E-state index contributed by atoms with van der Waals surface area (Å²) in [5.74, 6) is 0. The van der Waals surface area contributed by atoms with Gasteiger partial charge in [-0.3, -0.25) is 0 Å². The van der Waals surface area contributed by atoms with Gasteiger partial charge in [-0.2, -0.15) is 6.07 Å². The minimum absolute atomic E-state index is 0. The van der Waals surface area contributed by atoms with Gasteiger partial charge in [-0.25, -0.2) is 0 Å². The molecule has 0 N–H and O–H groups in total. The Morgan fingerprint density at radius 2 is 1.76 bits per heavy atom. The molecule has 0 atom stereocenters. The van der Waals surface area contributed by atoms with Gasteiger partial charge in [-0.05, 0) is 6.42 Å². The van der Waals surface area contributed by atoms with Gasteiger partial charge in [-0.15, -0.1) is 40.6 Å². The molecule has 0 heterocycles. The molecule has 0 aliphatic rings. The summed E-state index contributed by atoms with van der Waals surface area (Å²) < 4.78 is 0. The normalized spacial score (nSPS) is 9.00. The van der Waals surface area contributed by atoms with Crippen molar-refractivity contribution in [2.24, 2.45) is 0 Å². The Labute approximate surface area is 135 Å². The van der Waals surface area contributed by atoms with Crippen molar-refractivity contribution in [3.05, 3.63) is 42.0 Å². The zero-order chi connectivity index (χ0) is 9.80. The van der Waals surface area contributed by atoms with E-state index in [2.05, 4.69) is 43.3 Å². The van der Waals surface area contributed by atoms with Crippen LogP contribution in [-0.4, -0.2) is 0 Å². The van der Waals surface area contributed by atoms with E-state index < -0.39 is 0 Å². The SMILES string of the molecule is CCCCCc1cc2ccccc2[cH-]1.[Cl-].[Cl-].[Zr+3]. The summed E-state index contributed by atoms with van der Waals surface area (Å²) in [6.07, 6.45) is 5.22. The molecule has 0 bridgehead atoms. The predicted octanol–water partition coefficient (Wildman–Crippen LogP) is -1.70. The van der Waals surface area contributed by atoms with E-state index in [1.54, 1.807) is 0 Å². The fourth-order valence-electron chi connectivity index (χ4n) is 1.94. The molecule has 17 heavy (non-hydrogen) atoms. The number of rotatable bonds is 4. The molecule has 0 fully saturated rings. The van der Waals surface area contributed by atoms with E-state index >= 15 is 0 Å². The Hall–Kier alpha value is 0.293. The first-order valence-electron chi connectivity index (χ1n) is 5.54. The van der Waals surface area contributed by atoms with Crippen molar-refractivity contribution in [1.82, 2.24) is 0 Å². The summed E-state index contributed by atoms with van der Waals surface area (Å²) in [5, 5.41) is 2.78. The van der Waals surface area contributed by atoms with Gasteiger partial charge in [-0.1, -0.05) is 32.3 Å². The third-order valence-electron chi connectivity index (χ3n) is 2.75. The molecular formula is C14H17Cl2Zr. The smallest absolute Gasteiger partial charge is 1.00 e. The first-order valence-corrected chi connectivity index (χ1v) is 5.54. The van der Waals surface area contributed by atoms with E-state index in [0.29, 0.717) is 0 Å². The minimum atomic E-state index is 0. The minimum Gasteiger partial charge on any atom is -1.00 e. The summed E-state index contributed by atoms with van der Waals surface area (Å²) in [6, 6.07) is 13.3.